The lowest BCUT2D eigenvalue weighted by molar-refractivity contribution is -0.148. The predicted molar refractivity (Wildman–Crippen MR) is 164 cm³/mol. The number of unbranched alkanes of at least 4 members (excludes halogenated alkanes) is 1. The molecule has 12 heteroatoms. The maximum absolute atomic E-state index is 14.1. The molecule has 4 heterocycles. The summed E-state index contributed by atoms with van der Waals surface area (Å²) in [4.78, 5) is 30.9. The van der Waals surface area contributed by atoms with Crippen molar-refractivity contribution in [3.8, 4) is 17.2 Å². The number of nitrogens with zero attached hydrogens (tertiary/aromatic N) is 5. The Kier molecular flexibility index (Phi) is 10.1. The smallest absolute Gasteiger partial charge is 0.435 e. The van der Waals surface area contributed by atoms with E-state index in [0.29, 0.717) is 42.2 Å². The number of benzene rings is 1. The predicted octanol–water partition coefficient (Wildman–Crippen LogP) is 6.22. The fourth-order valence-corrected chi connectivity index (χ4v) is 7.01. The number of likely N-dealkylation sites (tertiary alicyclic amines) is 1. The number of thiophene rings is 1. The van der Waals surface area contributed by atoms with E-state index in [1.165, 1.54) is 28.3 Å². The molecule has 1 aromatic carbocycles. The zero-order valence-electron chi connectivity index (χ0n) is 25.3. The van der Waals surface area contributed by atoms with Gasteiger partial charge >= 0.3 is 12.1 Å². The molecule has 0 spiro atoms. The molecule has 0 bridgehead atoms. The first-order valence-electron chi connectivity index (χ1n) is 15.2. The van der Waals surface area contributed by atoms with E-state index >= 15 is 0 Å². The monoisotopic (exact) mass is 639 g/mol. The van der Waals surface area contributed by atoms with Crippen LogP contribution >= 0.6 is 11.3 Å². The first-order valence-corrected chi connectivity index (χ1v) is 16.1. The Balaban J connectivity index is 1.36. The number of aryl methyl sites for hydroxylation is 1. The molecule has 8 nitrogen and oxygen atoms in total. The fourth-order valence-electron chi connectivity index (χ4n) is 5.98. The molecule has 0 N–H and O–H groups in total. The molecule has 45 heavy (non-hydrogen) atoms. The van der Waals surface area contributed by atoms with E-state index < -0.39 is 17.8 Å². The molecule has 0 aliphatic carbocycles. The largest absolute Gasteiger partial charge is 0.465 e. The van der Waals surface area contributed by atoms with E-state index in [9.17, 15) is 28.0 Å². The number of esters is 1. The summed E-state index contributed by atoms with van der Waals surface area (Å²) < 4.78 is 48.9. The van der Waals surface area contributed by atoms with Crippen LogP contribution in [-0.4, -0.2) is 64.2 Å². The van der Waals surface area contributed by atoms with Crippen LogP contribution in [0, 0.1) is 17.2 Å². The molecule has 1 unspecified atom stereocenters. The van der Waals surface area contributed by atoms with Crippen LogP contribution in [0.15, 0.2) is 48.7 Å². The number of amides is 1. The Bertz CT molecular complexity index is 1610. The van der Waals surface area contributed by atoms with Crippen molar-refractivity contribution in [3.05, 3.63) is 75.3 Å². The first kappa shape index (κ1) is 32.4. The van der Waals surface area contributed by atoms with Crippen LogP contribution < -0.4 is 0 Å². The number of hydrogen-bond acceptors (Lipinski definition) is 7. The standard InChI is InChI=1S/C33H36F3N5O3S/c1-3-5-15-44-32(43)22-12-14-39(18-22)13-8-11-30(42)40-19-27(26-16-23(17-37)45-29(26)21-40)24-9-6-7-10-25(24)28-20-41(4-2)38-31(28)33(34,35)36/h6-11,16,20,22,27H,3-5,12-15,18-19,21H2,1-2H3/b11-8+/t22?,27-/m0/s1. The van der Waals surface area contributed by atoms with Crippen LogP contribution in [0.1, 0.15) is 65.6 Å². The van der Waals surface area contributed by atoms with Gasteiger partial charge in [-0.1, -0.05) is 43.7 Å². The highest BCUT2D eigenvalue weighted by molar-refractivity contribution is 7.12. The summed E-state index contributed by atoms with van der Waals surface area (Å²) in [5.74, 6) is -0.995. The molecule has 5 rings (SSSR count). The lowest BCUT2D eigenvalue weighted by Crippen LogP contribution is -2.37. The van der Waals surface area contributed by atoms with Crippen LogP contribution in [0.4, 0.5) is 13.2 Å². The van der Waals surface area contributed by atoms with E-state index in [0.717, 1.165) is 36.2 Å². The highest BCUT2D eigenvalue weighted by Gasteiger charge is 2.39. The van der Waals surface area contributed by atoms with Crippen molar-refractivity contribution in [3.63, 3.8) is 0 Å². The zero-order valence-corrected chi connectivity index (χ0v) is 26.2. The number of rotatable bonds is 10. The molecular weight excluding hydrogens is 603 g/mol. The lowest BCUT2D eigenvalue weighted by Gasteiger charge is -2.33. The van der Waals surface area contributed by atoms with Gasteiger partial charge in [-0.3, -0.25) is 19.2 Å². The number of hydrogen-bond donors (Lipinski definition) is 0. The Morgan fingerprint density at radius 2 is 1.98 bits per heavy atom. The van der Waals surface area contributed by atoms with Crippen molar-refractivity contribution in [2.75, 3.05) is 32.8 Å². The minimum atomic E-state index is -4.64. The third-order valence-electron chi connectivity index (χ3n) is 8.33. The van der Waals surface area contributed by atoms with Crippen LogP contribution in [0.2, 0.25) is 0 Å². The highest BCUT2D eigenvalue weighted by Crippen LogP contribution is 2.44. The minimum Gasteiger partial charge on any atom is -0.465 e. The maximum atomic E-state index is 14.1. The second-order valence-electron chi connectivity index (χ2n) is 11.4. The van der Waals surface area contributed by atoms with Gasteiger partial charge in [-0.25, -0.2) is 0 Å². The molecule has 2 aliphatic rings. The summed E-state index contributed by atoms with van der Waals surface area (Å²) in [5.41, 5.74) is 0.913. The molecule has 0 radical (unpaired) electrons. The van der Waals surface area contributed by atoms with Gasteiger partial charge in [0.05, 0.1) is 19.1 Å². The van der Waals surface area contributed by atoms with Gasteiger partial charge in [-0.2, -0.15) is 23.5 Å². The van der Waals surface area contributed by atoms with Gasteiger partial charge in [0.2, 0.25) is 5.91 Å². The fraction of sp³-hybridized carbons (Fsp3) is 0.455. The molecule has 2 aromatic heterocycles. The number of alkyl halides is 3. The number of carbonyl (C=O) groups excluding carboxylic acids is 2. The van der Waals surface area contributed by atoms with Gasteiger partial charge in [0.25, 0.3) is 0 Å². The van der Waals surface area contributed by atoms with Gasteiger partial charge in [0, 0.05) is 54.8 Å². The molecule has 0 saturated carbocycles. The van der Waals surface area contributed by atoms with Gasteiger partial charge < -0.3 is 9.64 Å². The van der Waals surface area contributed by atoms with Crippen LogP contribution in [0.3, 0.4) is 0 Å². The van der Waals surface area contributed by atoms with Gasteiger partial charge in [0.1, 0.15) is 10.9 Å². The number of carbonyl (C=O) groups is 2. The Morgan fingerprint density at radius 1 is 1.18 bits per heavy atom. The maximum Gasteiger partial charge on any atom is 0.435 e. The van der Waals surface area contributed by atoms with Crippen molar-refractivity contribution in [1.29, 1.82) is 5.26 Å². The average Bonchev–Trinajstić information content (AvgIpc) is 3.78. The molecule has 3 aromatic rings. The number of ether oxygens (including phenoxy) is 1. The van der Waals surface area contributed by atoms with E-state index in [2.05, 4.69) is 16.1 Å². The summed E-state index contributed by atoms with van der Waals surface area (Å²) in [7, 11) is 0. The van der Waals surface area contributed by atoms with Gasteiger partial charge in [-0.15, -0.1) is 11.3 Å². The highest BCUT2D eigenvalue weighted by atomic mass is 32.1. The second kappa shape index (κ2) is 14.0. The van der Waals surface area contributed by atoms with Gasteiger partial charge in [-0.05, 0) is 49.1 Å². The molecule has 238 valence electrons. The normalized spacial score (nSPS) is 18.7. The average molecular weight is 640 g/mol. The van der Waals surface area contributed by atoms with Gasteiger partial charge in [0.15, 0.2) is 5.69 Å². The Hall–Kier alpha value is -3.95. The lowest BCUT2D eigenvalue weighted by atomic mass is 9.83. The summed E-state index contributed by atoms with van der Waals surface area (Å²) in [6.07, 6.45) is 2.61. The molecule has 2 aliphatic heterocycles. The van der Waals surface area contributed by atoms with E-state index in [1.807, 2.05) is 6.92 Å². The van der Waals surface area contributed by atoms with Crippen molar-refractivity contribution >= 4 is 23.2 Å². The Morgan fingerprint density at radius 3 is 2.71 bits per heavy atom. The van der Waals surface area contributed by atoms with Crippen molar-refractivity contribution in [1.82, 2.24) is 19.6 Å². The number of halogens is 3. The van der Waals surface area contributed by atoms with Crippen molar-refractivity contribution in [2.24, 2.45) is 5.92 Å². The SMILES string of the molecule is CCCCOC(=O)C1CCN(C/C=C/C(=O)N2Cc3sc(C#N)cc3[C@H](c3ccccc3-c3cn(CC)nc3C(F)(F)F)C2)C1. The third-order valence-corrected chi connectivity index (χ3v) is 9.37. The molecule has 1 amide bonds. The third kappa shape index (κ3) is 7.31. The topological polar surface area (TPSA) is 91.5 Å². The zero-order chi connectivity index (χ0) is 32.1. The van der Waals surface area contributed by atoms with E-state index in [4.69, 9.17) is 4.74 Å². The van der Waals surface area contributed by atoms with E-state index in [1.54, 1.807) is 48.2 Å². The minimum absolute atomic E-state index is 0.0151. The second-order valence-corrected chi connectivity index (χ2v) is 12.5. The summed E-state index contributed by atoms with van der Waals surface area (Å²) in [5, 5.41) is 13.4. The molecule has 1 saturated heterocycles. The van der Waals surface area contributed by atoms with Crippen LogP contribution in [-0.2, 0) is 33.6 Å². The van der Waals surface area contributed by atoms with Crippen LogP contribution in [0.5, 0.6) is 0 Å². The molecule has 2 atom stereocenters. The molecular formula is C33H36F3N5O3S. The summed E-state index contributed by atoms with van der Waals surface area (Å²) in [6, 6.07) is 10.9. The quantitative estimate of drug-likeness (QED) is 0.149. The molecule has 1 fully saturated rings. The summed E-state index contributed by atoms with van der Waals surface area (Å²) in [6.45, 7) is 6.87. The van der Waals surface area contributed by atoms with Crippen molar-refractivity contribution in [2.45, 2.75) is 58.3 Å². The first-order chi connectivity index (χ1) is 21.6. The van der Waals surface area contributed by atoms with E-state index in [-0.39, 0.29) is 36.4 Å². The van der Waals surface area contributed by atoms with Crippen molar-refractivity contribution < 1.29 is 27.5 Å². The number of aromatic nitrogens is 2. The van der Waals surface area contributed by atoms with Crippen LogP contribution in [0.25, 0.3) is 11.1 Å². The number of fused-ring (bicyclic) bond motifs is 1. The number of nitriles is 1. The summed E-state index contributed by atoms with van der Waals surface area (Å²) >= 11 is 1.30. The Labute approximate surface area is 264 Å².